The second-order valence-corrected chi connectivity index (χ2v) is 14.0. The van der Waals surface area contributed by atoms with Gasteiger partial charge in [0.2, 0.25) is 0 Å². The number of rotatable bonds is 7. The lowest BCUT2D eigenvalue weighted by Crippen LogP contribution is -2.29. The first-order chi connectivity index (χ1) is 10.5. The van der Waals surface area contributed by atoms with Crippen LogP contribution >= 0.6 is 0 Å². The highest BCUT2D eigenvalue weighted by Crippen LogP contribution is 2.38. The molecule has 22 heavy (non-hydrogen) atoms. The summed E-state index contributed by atoms with van der Waals surface area (Å²) in [6.45, 7) is 7.58. The second kappa shape index (κ2) is 8.31. The predicted octanol–water partition coefficient (Wildman–Crippen LogP) is 6.00. The number of hydrogen-bond acceptors (Lipinski definition) is 1. The van der Waals surface area contributed by atoms with Gasteiger partial charge in [0.25, 0.3) is 0 Å². The predicted molar refractivity (Wildman–Crippen MR) is 101 cm³/mol. The van der Waals surface area contributed by atoms with E-state index >= 15 is 0 Å². The van der Waals surface area contributed by atoms with Crippen molar-refractivity contribution in [1.29, 1.82) is 0 Å². The van der Waals surface area contributed by atoms with Gasteiger partial charge in [0.05, 0.1) is 0 Å². The zero-order chi connectivity index (χ0) is 16.0. The van der Waals surface area contributed by atoms with Gasteiger partial charge in [-0.15, -0.1) is 0 Å². The molecule has 1 aliphatic carbocycles. The van der Waals surface area contributed by atoms with E-state index in [0.717, 1.165) is 18.3 Å². The van der Waals surface area contributed by atoms with Crippen LogP contribution in [0.15, 0.2) is 30.3 Å². The van der Waals surface area contributed by atoms with Gasteiger partial charge in [-0.3, -0.25) is 0 Å². The van der Waals surface area contributed by atoms with Crippen LogP contribution in [0.5, 0.6) is 0 Å². The molecule has 0 aromatic heterocycles. The highest BCUT2D eigenvalue weighted by Gasteiger charge is 2.28. The molecule has 0 saturated heterocycles. The Labute approximate surface area is 138 Å². The Morgan fingerprint density at radius 2 is 1.64 bits per heavy atom. The quantitative estimate of drug-likeness (QED) is 0.613. The van der Waals surface area contributed by atoms with E-state index in [9.17, 15) is 0 Å². The topological polar surface area (TPSA) is 26.0 Å². The third-order valence-corrected chi connectivity index (χ3v) is 7.02. The van der Waals surface area contributed by atoms with Crippen LogP contribution < -0.4 is 5.73 Å². The summed E-state index contributed by atoms with van der Waals surface area (Å²) < 4.78 is 0. The van der Waals surface area contributed by atoms with E-state index in [4.69, 9.17) is 5.73 Å². The minimum Gasteiger partial charge on any atom is -0.324 e. The molecular weight excluding hydrogens is 282 g/mol. The first-order valence-electron chi connectivity index (χ1n) is 9.26. The Kier molecular flexibility index (Phi) is 6.70. The zero-order valence-corrected chi connectivity index (χ0v) is 15.9. The fourth-order valence-electron chi connectivity index (χ4n) is 4.16. The van der Waals surface area contributed by atoms with Gasteiger partial charge >= 0.3 is 0 Å². The summed E-state index contributed by atoms with van der Waals surface area (Å²) in [5.41, 5.74) is 7.75. The maximum absolute atomic E-state index is 6.45. The fraction of sp³-hybridized carbons (Fsp3) is 0.700. The van der Waals surface area contributed by atoms with Gasteiger partial charge < -0.3 is 5.73 Å². The molecule has 1 nitrogen and oxygen atoms in total. The Bertz CT molecular complexity index is 417. The molecule has 0 aliphatic heterocycles. The lowest BCUT2D eigenvalue weighted by molar-refractivity contribution is 0.243. The van der Waals surface area contributed by atoms with E-state index in [1.165, 1.54) is 50.1 Å². The second-order valence-electron chi connectivity index (χ2n) is 8.52. The standard InChI is InChI=1S/C20H35NSi/c1-22(2,3)16-19(17-10-6-4-7-11-17)14-15-20(21)18-12-8-5-9-13-18/h5,8-9,12-13,17,19-20H,4,6-7,10-11,14-16,21H2,1-3H3. The van der Waals surface area contributed by atoms with E-state index in [0.29, 0.717) is 0 Å². The lowest BCUT2D eigenvalue weighted by atomic mass is 9.78. The van der Waals surface area contributed by atoms with Crippen molar-refractivity contribution in [3.8, 4) is 0 Å². The fourth-order valence-corrected chi connectivity index (χ4v) is 6.27. The molecule has 2 rings (SSSR count). The first kappa shape index (κ1) is 17.7. The van der Waals surface area contributed by atoms with Crippen LogP contribution in [0.3, 0.4) is 0 Å². The van der Waals surface area contributed by atoms with Gasteiger partial charge in [0, 0.05) is 14.1 Å². The van der Waals surface area contributed by atoms with Crippen molar-refractivity contribution < 1.29 is 0 Å². The summed E-state index contributed by atoms with van der Waals surface area (Å²) in [5.74, 6) is 1.89. The molecule has 1 aromatic rings. The van der Waals surface area contributed by atoms with Gasteiger partial charge in [-0.2, -0.15) is 0 Å². The van der Waals surface area contributed by atoms with Crippen LogP contribution in [0.2, 0.25) is 25.7 Å². The van der Waals surface area contributed by atoms with Crippen LogP contribution in [-0.2, 0) is 0 Å². The van der Waals surface area contributed by atoms with Crippen molar-refractivity contribution in [3.63, 3.8) is 0 Å². The number of benzene rings is 1. The maximum Gasteiger partial charge on any atom is 0.0445 e. The first-order valence-corrected chi connectivity index (χ1v) is 13.0. The Balaban J connectivity index is 1.93. The van der Waals surface area contributed by atoms with Gasteiger partial charge in [-0.25, -0.2) is 0 Å². The van der Waals surface area contributed by atoms with Crippen molar-refractivity contribution in [2.75, 3.05) is 0 Å². The van der Waals surface area contributed by atoms with Crippen molar-refractivity contribution in [2.45, 2.75) is 76.7 Å². The SMILES string of the molecule is C[Si](C)(C)CC(CCC(N)c1ccccc1)C1CCCCC1. The van der Waals surface area contributed by atoms with Crippen molar-refractivity contribution >= 4 is 8.07 Å². The lowest BCUT2D eigenvalue weighted by Gasteiger charge is -2.34. The zero-order valence-electron chi connectivity index (χ0n) is 14.9. The highest BCUT2D eigenvalue weighted by molar-refractivity contribution is 6.76. The molecule has 0 bridgehead atoms. The van der Waals surface area contributed by atoms with Crippen LogP contribution in [0.25, 0.3) is 0 Å². The van der Waals surface area contributed by atoms with E-state index < -0.39 is 8.07 Å². The maximum atomic E-state index is 6.45. The van der Waals surface area contributed by atoms with Crippen molar-refractivity contribution in [1.82, 2.24) is 0 Å². The van der Waals surface area contributed by atoms with Crippen LogP contribution in [0, 0.1) is 11.8 Å². The summed E-state index contributed by atoms with van der Waals surface area (Å²) in [5, 5.41) is 0. The Hall–Kier alpha value is -0.603. The summed E-state index contributed by atoms with van der Waals surface area (Å²) in [7, 11) is -0.996. The summed E-state index contributed by atoms with van der Waals surface area (Å²) in [6.07, 6.45) is 9.78. The molecule has 124 valence electrons. The molecule has 0 spiro atoms. The van der Waals surface area contributed by atoms with Crippen LogP contribution in [0.4, 0.5) is 0 Å². The average molecular weight is 318 g/mol. The number of nitrogens with two attached hydrogens (primary N) is 1. The average Bonchev–Trinajstić information content (AvgIpc) is 2.52. The molecule has 2 atom stereocenters. The third-order valence-electron chi connectivity index (χ3n) is 5.27. The van der Waals surface area contributed by atoms with Crippen LogP contribution in [-0.4, -0.2) is 8.07 Å². The summed E-state index contributed by atoms with van der Waals surface area (Å²) >= 11 is 0. The van der Waals surface area contributed by atoms with Crippen molar-refractivity contribution in [3.05, 3.63) is 35.9 Å². The minimum atomic E-state index is -0.996. The molecule has 1 saturated carbocycles. The van der Waals surface area contributed by atoms with Gasteiger partial charge in [0.15, 0.2) is 0 Å². The van der Waals surface area contributed by atoms with E-state index in [1.54, 1.807) is 0 Å². The highest BCUT2D eigenvalue weighted by atomic mass is 28.3. The summed E-state index contributed by atoms with van der Waals surface area (Å²) in [6, 6.07) is 12.4. The molecule has 1 aromatic carbocycles. The van der Waals surface area contributed by atoms with E-state index in [1.807, 2.05) is 0 Å². The van der Waals surface area contributed by atoms with E-state index in [2.05, 4.69) is 50.0 Å². The van der Waals surface area contributed by atoms with Crippen molar-refractivity contribution in [2.24, 2.45) is 17.6 Å². The van der Waals surface area contributed by atoms with Gasteiger partial charge in [-0.1, -0.05) is 88.1 Å². The molecular formula is C20H35NSi. The Morgan fingerprint density at radius 1 is 1.00 bits per heavy atom. The molecule has 0 heterocycles. The minimum absolute atomic E-state index is 0.217. The van der Waals surface area contributed by atoms with E-state index in [-0.39, 0.29) is 6.04 Å². The monoisotopic (exact) mass is 317 g/mol. The van der Waals surface area contributed by atoms with Gasteiger partial charge in [0.1, 0.15) is 0 Å². The van der Waals surface area contributed by atoms with Gasteiger partial charge in [-0.05, 0) is 30.2 Å². The normalized spacial score (nSPS) is 19.8. The molecule has 2 N–H and O–H groups in total. The molecule has 0 amide bonds. The molecule has 2 unspecified atom stereocenters. The molecule has 0 radical (unpaired) electrons. The molecule has 2 heteroatoms. The Morgan fingerprint density at radius 3 is 2.23 bits per heavy atom. The number of hydrogen-bond donors (Lipinski definition) is 1. The smallest absolute Gasteiger partial charge is 0.0445 e. The molecule has 1 fully saturated rings. The summed E-state index contributed by atoms with van der Waals surface area (Å²) in [4.78, 5) is 0. The third kappa shape index (κ3) is 5.89. The largest absolute Gasteiger partial charge is 0.324 e. The molecule has 1 aliphatic rings. The van der Waals surface area contributed by atoms with Crippen LogP contribution in [0.1, 0.15) is 56.6 Å².